The summed E-state index contributed by atoms with van der Waals surface area (Å²) in [5.74, 6) is 0.382. The van der Waals surface area contributed by atoms with E-state index in [9.17, 15) is 20.4 Å². The van der Waals surface area contributed by atoms with Crippen molar-refractivity contribution in [3.63, 3.8) is 0 Å². The SMILES string of the molecule is Oc1cccc(C2Oc3cc(O)ccc3C(O)C2O)c1. The molecule has 0 aliphatic carbocycles. The summed E-state index contributed by atoms with van der Waals surface area (Å²) in [7, 11) is 0. The number of hydrogen-bond acceptors (Lipinski definition) is 5. The molecule has 0 fully saturated rings. The fourth-order valence-electron chi connectivity index (χ4n) is 2.39. The highest BCUT2D eigenvalue weighted by molar-refractivity contribution is 5.44. The molecule has 5 nitrogen and oxygen atoms in total. The molecule has 0 spiro atoms. The lowest BCUT2D eigenvalue weighted by Gasteiger charge is -2.34. The zero-order chi connectivity index (χ0) is 14.3. The van der Waals surface area contributed by atoms with Crippen LogP contribution in [0.15, 0.2) is 42.5 Å². The van der Waals surface area contributed by atoms with Crippen LogP contribution in [0.3, 0.4) is 0 Å². The third kappa shape index (κ3) is 2.07. The molecule has 3 rings (SSSR count). The average Bonchev–Trinajstić information content (AvgIpc) is 2.42. The molecule has 3 atom stereocenters. The van der Waals surface area contributed by atoms with Crippen LogP contribution in [0.5, 0.6) is 17.2 Å². The molecule has 2 aromatic carbocycles. The van der Waals surface area contributed by atoms with E-state index in [1.54, 1.807) is 12.1 Å². The van der Waals surface area contributed by atoms with E-state index < -0.39 is 18.3 Å². The Morgan fingerprint density at radius 3 is 2.40 bits per heavy atom. The number of phenols is 2. The molecular formula is C15H14O5. The van der Waals surface area contributed by atoms with Crippen LogP contribution in [0.2, 0.25) is 0 Å². The molecule has 104 valence electrons. The smallest absolute Gasteiger partial charge is 0.153 e. The zero-order valence-electron chi connectivity index (χ0n) is 10.5. The Morgan fingerprint density at radius 2 is 1.65 bits per heavy atom. The van der Waals surface area contributed by atoms with E-state index in [0.29, 0.717) is 16.9 Å². The maximum absolute atomic E-state index is 10.2. The summed E-state index contributed by atoms with van der Waals surface area (Å²) in [5, 5.41) is 39.3. The van der Waals surface area contributed by atoms with Crippen LogP contribution >= 0.6 is 0 Å². The van der Waals surface area contributed by atoms with Crippen molar-refractivity contribution in [2.45, 2.75) is 18.3 Å². The first kappa shape index (κ1) is 12.8. The van der Waals surface area contributed by atoms with E-state index in [2.05, 4.69) is 0 Å². The van der Waals surface area contributed by atoms with Crippen LogP contribution in [-0.4, -0.2) is 26.5 Å². The summed E-state index contributed by atoms with van der Waals surface area (Å²) in [6.45, 7) is 0. The maximum atomic E-state index is 10.2. The minimum Gasteiger partial charge on any atom is -0.508 e. The summed E-state index contributed by atoms with van der Waals surface area (Å²) in [6, 6.07) is 10.6. The lowest BCUT2D eigenvalue weighted by molar-refractivity contribution is -0.0701. The van der Waals surface area contributed by atoms with Crippen molar-refractivity contribution >= 4 is 0 Å². The predicted molar refractivity (Wildman–Crippen MR) is 70.5 cm³/mol. The zero-order valence-corrected chi connectivity index (χ0v) is 10.5. The van der Waals surface area contributed by atoms with Gasteiger partial charge in [0.15, 0.2) is 6.10 Å². The molecule has 0 radical (unpaired) electrons. The van der Waals surface area contributed by atoms with Gasteiger partial charge in [-0.2, -0.15) is 0 Å². The standard InChI is InChI=1S/C15H14O5/c16-9-3-1-2-8(6-9)15-14(19)13(18)11-5-4-10(17)7-12(11)20-15/h1-7,13-19H. The van der Waals surface area contributed by atoms with Crippen LogP contribution in [-0.2, 0) is 0 Å². The van der Waals surface area contributed by atoms with Gasteiger partial charge < -0.3 is 25.2 Å². The lowest BCUT2D eigenvalue weighted by atomic mass is 9.92. The normalized spacial score (nSPS) is 24.8. The number of aromatic hydroxyl groups is 2. The van der Waals surface area contributed by atoms with E-state index in [-0.39, 0.29) is 11.5 Å². The van der Waals surface area contributed by atoms with Gasteiger partial charge in [-0.05, 0) is 29.8 Å². The van der Waals surface area contributed by atoms with Crippen molar-refractivity contribution in [3.8, 4) is 17.2 Å². The van der Waals surface area contributed by atoms with Crippen LogP contribution in [0, 0.1) is 0 Å². The van der Waals surface area contributed by atoms with E-state index in [1.807, 2.05) is 0 Å². The molecule has 0 bridgehead atoms. The van der Waals surface area contributed by atoms with E-state index in [4.69, 9.17) is 4.74 Å². The average molecular weight is 274 g/mol. The second-order valence-electron chi connectivity index (χ2n) is 4.79. The number of ether oxygens (including phenoxy) is 1. The number of phenolic OH excluding ortho intramolecular Hbond substituents is 2. The third-order valence-electron chi connectivity index (χ3n) is 3.40. The predicted octanol–water partition coefficient (Wildman–Crippen LogP) is 1.63. The Balaban J connectivity index is 2.03. The minimum atomic E-state index is -1.16. The van der Waals surface area contributed by atoms with E-state index >= 15 is 0 Å². The van der Waals surface area contributed by atoms with Gasteiger partial charge in [0.1, 0.15) is 29.5 Å². The summed E-state index contributed by atoms with van der Waals surface area (Å²) < 4.78 is 5.66. The number of rotatable bonds is 1. The van der Waals surface area contributed by atoms with E-state index in [1.165, 1.54) is 30.3 Å². The molecular weight excluding hydrogens is 260 g/mol. The monoisotopic (exact) mass is 274 g/mol. The Kier molecular flexibility index (Phi) is 3.00. The molecule has 4 N–H and O–H groups in total. The number of benzene rings is 2. The number of hydrogen-bond donors (Lipinski definition) is 4. The molecule has 20 heavy (non-hydrogen) atoms. The van der Waals surface area contributed by atoms with Gasteiger partial charge in [0.25, 0.3) is 0 Å². The quantitative estimate of drug-likeness (QED) is 0.634. The molecule has 0 aromatic heterocycles. The second-order valence-corrected chi connectivity index (χ2v) is 4.79. The van der Waals surface area contributed by atoms with Gasteiger partial charge in [0, 0.05) is 11.6 Å². The first-order valence-electron chi connectivity index (χ1n) is 6.21. The summed E-state index contributed by atoms with van der Waals surface area (Å²) in [5.41, 5.74) is 0.970. The van der Waals surface area contributed by atoms with Crippen LogP contribution < -0.4 is 4.74 Å². The molecule has 3 unspecified atom stereocenters. The number of fused-ring (bicyclic) bond motifs is 1. The first-order chi connectivity index (χ1) is 9.56. The van der Waals surface area contributed by atoms with Gasteiger partial charge in [-0.15, -0.1) is 0 Å². The molecule has 0 amide bonds. The second kappa shape index (κ2) is 4.70. The highest BCUT2D eigenvalue weighted by Gasteiger charge is 2.37. The fourth-order valence-corrected chi connectivity index (χ4v) is 2.39. The van der Waals surface area contributed by atoms with E-state index in [0.717, 1.165) is 0 Å². The highest BCUT2D eigenvalue weighted by atomic mass is 16.5. The molecule has 0 saturated carbocycles. The van der Waals surface area contributed by atoms with Gasteiger partial charge in [-0.3, -0.25) is 0 Å². The topological polar surface area (TPSA) is 90.2 Å². The molecule has 1 aliphatic rings. The summed E-state index contributed by atoms with van der Waals surface area (Å²) in [6.07, 6.45) is -3.09. The number of aliphatic hydroxyl groups is 2. The van der Waals surface area contributed by atoms with Crippen molar-refractivity contribution in [2.75, 3.05) is 0 Å². The summed E-state index contributed by atoms with van der Waals surface area (Å²) >= 11 is 0. The van der Waals surface area contributed by atoms with Crippen molar-refractivity contribution < 1.29 is 25.2 Å². The maximum Gasteiger partial charge on any atom is 0.153 e. The Bertz CT molecular complexity index is 640. The molecule has 1 heterocycles. The number of aliphatic hydroxyl groups excluding tert-OH is 2. The Labute approximate surface area is 115 Å². The first-order valence-corrected chi connectivity index (χ1v) is 6.21. The molecule has 1 aliphatic heterocycles. The van der Waals surface area contributed by atoms with Gasteiger partial charge in [-0.25, -0.2) is 0 Å². The van der Waals surface area contributed by atoms with Gasteiger partial charge in [-0.1, -0.05) is 12.1 Å². The van der Waals surface area contributed by atoms with Crippen LogP contribution in [0.4, 0.5) is 0 Å². The van der Waals surface area contributed by atoms with Crippen molar-refractivity contribution in [2.24, 2.45) is 0 Å². The Hall–Kier alpha value is -2.24. The third-order valence-corrected chi connectivity index (χ3v) is 3.40. The summed E-state index contributed by atoms with van der Waals surface area (Å²) in [4.78, 5) is 0. The van der Waals surface area contributed by atoms with Crippen molar-refractivity contribution in [3.05, 3.63) is 53.6 Å². The highest BCUT2D eigenvalue weighted by Crippen LogP contribution is 2.42. The van der Waals surface area contributed by atoms with Crippen LogP contribution in [0.1, 0.15) is 23.3 Å². The van der Waals surface area contributed by atoms with Crippen LogP contribution in [0.25, 0.3) is 0 Å². The minimum absolute atomic E-state index is 0.0157. The van der Waals surface area contributed by atoms with Gasteiger partial charge in [0.2, 0.25) is 0 Å². The van der Waals surface area contributed by atoms with Gasteiger partial charge in [0.05, 0.1) is 0 Å². The van der Waals surface area contributed by atoms with Crippen molar-refractivity contribution in [1.29, 1.82) is 0 Å². The molecule has 0 saturated heterocycles. The largest absolute Gasteiger partial charge is 0.508 e. The van der Waals surface area contributed by atoms with Gasteiger partial charge >= 0.3 is 0 Å². The molecule has 5 heteroatoms. The fraction of sp³-hybridized carbons (Fsp3) is 0.200. The Morgan fingerprint density at radius 1 is 0.900 bits per heavy atom. The molecule has 2 aromatic rings. The van der Waals surface area contributed by atoms with Crippen molar-refractivity contribution in [1.82, 2.24) is 0 Å². The lowest BCUT2D eigenvalue weighted by Crippen LogP contribution is -2.34.